The number of rotatable bonds is 6. The first kappa shape index (κ1) is 19.9. The van der Waals surface area contributed by atoms with Gasteiger partial charge in [0, 0.05) is 23.6 Å². The Bertz CT molecular complexity index is 895. The van der Waals surface area contributed by atoms with Crippen LogP contribution in [0.2, 0.25) is 0 Å². The van der Waals surface area contributed by atoms with Crippen molar-refractivity contribution in [2.45, 2.75) is 51.5 Å². The Morgan fingerprint density at radius 1 is 1.11 bits per heavy atom. The van der Waals surface area contributed by atoms with E-state index in [1.54, 1.807) is 18.2 Å². The first-order valence-electron chi connectivity index (χ1n) is 9.63. The molecule has 1 N–H and O–H groups in total. The Kier molecular flexibility index (Phi) is 6.68. The number of ether oxygens (including phenoxy) is 2. The van der Waals surface area contributed by atoms with Crippen molar-refractivity contribution in [3.63, 3.8) is 0 Å². The second-order valence-corrected chi connectivity index (χ2v) is 7.11. The molecule has 7 nitrogen and oxygen atoms in total. The topological polar surface area (TPSA) is 94.8 Å². The summed E-state index contributed by atoms with van der Waals surface area (Å²) in [6.07, 6.45) is 6.58. The molecule has 0 atom stereocenters. The number of benzene rings is 1. The van der Waals surface area contributed by atoms with E-state index in [-0.39, 0.29) is 25.2 Å². The number of aryl methyl sites for hydroxylation is 1. The van der Waals surface area contributed by atoms with Crippen molar-refractivity contribution < 1.29 is 23.5 Å². The number of fused-ring (bicyclic) bond motifs is 1. The van der Waals surface area contributed by atoms with E-state index in [9.17, 15) is 14.4 Å². The van der Waals surface area contributed by atoms with E-state index in [4.69, 9.17) is 13.9 Å². The molecule has 3 rings (SSSR count). The zero-order chi connectivity index (χ0) is 19.9. The molecule has 1 aromatic carbocycles. The van der Waals surface area contributed by atoms with E-state index in [0.717, 1.165) is 36.6 Å². The van der Waals surface area contributed by atoms with Crippen LogP contribution in [0.25, 0.3) is 11.0 Å². The van der Waals surface area contributed by atoms with Gasteiger partial charge in [-0.2, -0.15) is 0 Å². The van der Waals surface area contributed by atoms with Gasteiger partial charge in [0.1, 0.15) is 11.3 Å². The number of esters is 1. The van der Waals surface area contributed by atoms with Crippen LogP contribution in [0.15, 0.2) is 33.5 Å². The fourth-order valence-electron chi connectivity index (χ4n) is 3.42. The average Bonchev–Trinajstić information content (AvgIpc) is 2.93. The quantitative estimate of drug-likeness (QED) is 0.465. The molecule has 0 aliphatic heterocycles. The summed E-state index contributed by atoms with van der Waals surface area (Å²) < 4.78 is 15.5. The third-order valence-corrected chi connectivity index (χ3v) is 4.86. The summed E-state index contributed by atoms with van der Waals surface area (Å²) in [5, 5.41) is 3.72. The standard InChI is InChI=1S/C21H25NO6/c1-14-10-20(24)28-18-11-16(8-9-17(14)18)26-13-21(25)27-12-19(23)22-15-6-4-2-3-5-7-15/h8-11,15H,2-7,12-13H2,1H3,(H,22,23). The number of hydrogen-bond donors (Lipinski definition) is 1. The largest absolute Gasteiger partial charge is 0.482 e. The van der Waals surface area contributed by atoms with Crippen molar-refractivity contribution in [3.8, 4) is 5.75 Å². The Hall–Kier alpha value is -2.83. The summed E-state index contributed by atoms with van der Waals surface area (Å²) in [4.78, 5) is 35.3. The second-order valence-electron chi connectivity index (χ2n) is 7.11. The van der Waals surface area contributed by atoms with Crippen molar-refractivity contribution in [2.75, 3.05) is 13.2 Å². The van der Waals surface area contributed by atoms with Crippen LogP contribution in [-0.2, 0) is 14.3 Å². The zero-order valence-corrected chi connectivity index (χ0v) is 16.0. The summed E-state index contributed by atoms with van der Waals surface area (Å²) in [5.41, 5.74) is 0.747. The van der Waals surface area contributed by atoms with Crippen LogP contribution in [0.4, 0.5) is 0 Å². The molecule has 2 aromatic rings. The molecule has 1 fully saturated rings. The summed E-state index contributed by atoms with van der Waals surface area (Å²) in [6.45, 7) is 1.17. The van der Waals surface area contributed by atoms with Crippen LogP contribution in [0, 0.1) is 6.92 Å². The molecule has 0 bridgehead atoms. The van der Waals surface area contributed by atoms with E-state index in [2.05, 4.69) is 5.32 Å². The van der Waals surface area contributed by atoms with Gasteiger partial charge in [0.15, 0.2) is 13.2 Å². The van der Waals surface area contributed by atoms with E-state index in [1.807, 2.05) is 6.92 Å². The minimum atomic E-state index is -0.637. The Morgan fingerprint density at radius 2 is 1.86 bits per heavy atom. The van der Waals surface area contributed by atoms with Gasteiger partial charge in [-0.25, -0.2) is 9.59 Å². The van der Waals surface area contributed by atoms with Gasteiger partial charge in [-0.1, -0.05) is 25.7 Å². The van der Waals surface area contributed by atoms with E-state index >= 15 is 0 Å². The van der Waals surface area contributed by atoms with Crippen LogP contribution in [0.5, 0.6) is 5.75 Å². The molecular formula is C21H25NO6. The van der Waals surface area contributed by atoms with E-state index in [1.165, 1.54) is 18.9 Å². The lowest BCUT2D eigenvalue weighted by molar-refractivity contribution is -0.150. The molecular weight excluding hydrogens is 362 g/mol. The van der Waals surface area contributed by atoms with Gasteiger partial charge in [0.2, 0.25) is 0 Å². The van der Waals surface area contributed by atoms with Crippen molar-refractivity contribution >= 4 is 22.8 Å². The summed E-state index contributed by atoms with van der Waals surface area (Å²) in [5.74, 6) is -0.550. The molecule has 7 heteroatoms. The number of nitrogens with one attached hydrogen (secondary N) is 1. The smallest absolute Gasteiger partial charge is 0.344 e. The van der Waals surface area contributed by atoms with Crippen LogP contribution in [0.3, 0.4) is 0 Å². The minimum absolute atomic E-state index is 0.167. The van der Waals surface area contributed by atoms with Gasteiger partial charge in [0.25, 0.3) is 5.91 Å². The molecule has 0 radical (unpaired) electrons. The molecule has 28 heavy (non-hydrogen) atoms. The van der Waals surface area contributed by atoms with Crippen LogP contribution < -0.4 is 15.7 Å². The van der Waals surface area contributed by atoms with Crippen molar-refractivity contribution in [1.82, 2.24) is 5.32 Å². The Morgan fingerprint density at radius 3 is 2.61 bits per heavy atom. The molecule has 1 aliphatic carbocycles. The number of carbonyl (C=O) groups excluding carboxylic acids is 2. The molecule has 1 heterocycles. The first-order valence-corrected chi connectivity index (χ1v) is 9.63. The lowest BCUT2D eigenvalue weighted by atomic mass is 10.1. The predicted octanol–water partition coefficient (Wildman–Crippen LogP) is 2.86. The van der Waals surface area contributed by atoms with Gasteiger partial charge in [-0.15, -0.1) is 0 Å². The number of hydrogen-bond acceptors (Lipinski definition) is 6. The maximum Gasteiger partial charge on any atom is 0.344 e. The first-order chi connectivity index (χ1) is 13.5. The summed E-state index contributed by atoms with van der Waals surface area (Å²) >= 11 is 0. The van der Waals surface area contributed by atoms with E-state index in [0.29, 0.717) is 11.3 Å². The fraction of sp³-hybridized carbons (Fsp3) is 0.476. The molecule has 0 saturated heterocycles. The van der Waals surface area contributed by atoms with Gasteiger partial charge < -0.3 is 19.2 Å². The highest BCUT2D eigenvalue weighted by Crippen LogP contribution is 2.22. The van der Waals surface area contributed by atoms with Crippen LogP contribution >= 0.6 is 0 Å². The van der Waals surface area contributed by atoms with Gasteiger partial charge in [-0.05, 0) is 37.5 Å². The average molecular weight is 387 g/mol. The zero-order valence-electron chi connectivity index (χ0n) is 16.0. The van der Waals surface area contributed by atoms with E-state index < -0.39 is 11.6 Å². The highest BCUT2D eigenvalue weighted by Gasteiger charge is 2.16. The molecule has 1 aromatic heterocycles. The van der Waals surface area contributed by atoms with Gasteiger partial charge in [-0.3, -0.25) is 4.79 Å². The monoisotopic (exact) mass is 387 g/mol. The lowest BCUT2D eigenvalue weighted by Crippen LogP contribution is -2.37. The maximum absolute atomic E-state index is 11.9. The van der Waals surface area contributed by atoms with Crippen molar-refractivity contribution in [1.29, 1.82) is 0 Å². The highest BCUT2D eigenvalue weighted by molar-refractivity contribution is 5.82. The normalized spacial score (nSPS) is 15.0. The fourth-order valence-corrected chi connectivity index (χ4v) is 3.42. The van der Waals surface area contributed by atoms with Crippen LogP contribution in [0.1, 0.15) is 44.1 Å². The molecule has 0 unspecified atom stereocenters. The summed E-state index contributed by atoms with van der Waals surface area (Å²) in [7, 11) is 0. The number of amides is 1. The van der Waals surface area contributed by atoms with Crippen LogP contribution in [-0.4, -0.2) is 31.1 Å². The molecule has 1 amide bonds. The Balaban J connectivity index is 1.45. The SMILES string of the molecule is Cc1cc(=O)oc2cc(OCC(=O)OCC(=O)NC3CCCCCC3)ccc12. The molecule has 1 aliphatic rings. The predicted molar refractivity (Wildman–Crippen MR) is 103 cm³/mol. The van der Waals surface area contributed by atoms with Gasteiger partial charge >= 0.3 is 11.6 Å². The molecule has 0 spiro atoms. The van der Waals surface area contributed by atoms with Crippen molar-refractivity contribution in [3.05, 3.63) is 40.2 Å². The third kappa shape index (κ3) is 5.58. The molecule has 1 saturated carbocycles. The third-order valence-electron chi connectivity index (χ3n) is 4.86. The summed E-state index contributed by atoms with van der Waals surface area (Å²) in [6, 6.07) is 6.58. The number of carbonyl (C=O) groups is 2. The maximum atomic E-state index is 11.9. The Labute approximate surface area is 163 Å². The minimum Gasteiger partial charge on any atom is -0.482 e. The molecule has 150 valence electrons. The van der Waals surface area contributed by atoms with Gasteiger partial charge in [0.05, 0.1) is 0 Å². The van der Waals surface area contributed by atoms with Crippen molar-refractivity contribution in [2.24, 2.45) is 0 Å². The lowest BCUT2D eigenvalue weighted by Gasteiger charge is -2.16. The highest BCUT2D eigenvalue weighted by atomic mass is 16.6. The second kappa shape index (κ2) is 9.39.